The Morgan fingerprint density at radius 3 is 2.29 bits per heavy atom. The topological polar surface area (TPSA) is 32.8 Å². The Bertz CT molecular complexity index is 574. The molecule has 5 heteroatoms. The number of thiocarbonyl (C=S) groups is 1. The largest absolute Gasteiger partial charge is 0.378 e. The van der Waals surface area contributed by atoms with E-state index in [2.05, 4.69) is 29.2 Å². The molecule has 1 aromatic rings. The zero-order valence-corrected chi connectivity index (χ0v) is 15.2. The van der Waals surface area contributed by atoms with E-state index in [1.165, 1.54) is 11.1 Å². The van der Waals surface area contributed by atoms with Crippen LogP contribution in [0.15, 0.2) is 24.3 Å². The monoisotopic (exact) mass is 346 g/mol. The second-order valence-electron chi connectivity index (χ2n) is 6.69. The van der Waals surface area contributed by atoms with Crippen LogP contribution < -0.4 is 0 Å². The first-order valence-corrected chi connectivity index (χ1v) is 9.24. The van der Waals surface area contributed by atoms with Crippen LogP contribution in [-0.4, -0.2) is 60.1 Å². The number of carbonyl (C=O) groups is 1. The maximum absolute atomic E-state index is 11.4. The molecule has 3 rings (SSSR count). The second kappa shape index (κ2) is 8.08. The molecule has 2 heterocycles. The zero-order chi connectivity index (χ0) is 16.9. The van der Waals surface area contributed by atoms with Crippen LogP contribution in [0, 0.1) is 0 Å². The Hall–Kier alpha value is -1.46. The van der Waals surface area contributed by atoms with Crippen LogP contribution in [-0.2, 0) is 16.0 Å². The van der Waals surface area contributed by atoms with Crippen molar-refractivity contribution in [1.82, 2.24) is 9.80 Å². The summed E-state index contributed by atoms with van der Waals surface area (Å²) in [5.41, 5.74) is 2.66. The second-order valence-corrected chi connectivity index (χ2v) is 7.16. The summed E-state index contributed by atoms with van der Waals surface area (Å²) < 4.78 is 5.38. The molecule has 0 radical (unpaired) electrons. The third-order valence-corrected chi connectivity index (χ3v) is 5.51. The summed E-state index contributed by atoms with van der Waals surface area (Å²) in [7, 11) is 0. The van der Waals surface area contributed by atoms with Gasteiger partial charge >= 0.3 is 0 Å². The molecule has 0 atom stereocenters. The molecule has 1 amide bonds. The lowest BCUT2D eigenvalue weighted by Crippen LogP contribution is -2.40. The van der Waals surface area contributed by atoms with Crippen LogP contribution in [0.2, 0.25) is 0 Å². The Morgan fingerprint density at radius 2 is 1.71 bits per heavy atom. The van der Waals surface area contributed by atoms with E-state index in [1.807, 2.05) is 4.90 Å². The SMILES string of the molecule is CC(=O)N1CCC(c2ccc(CC(=S)N3CCOCC3)cc2)CC1. The molecule has 0 bridgehead atoms. The van der Waals surface area contributed by atoms with Gasteiger partial charge in [-0.1, -0.05) is 36.5 Å². The fourth-order valence-electron chi connectivity index (χ4n) is 3.53. The molecule has 0 spiro atoms. The third-order valence-electron chi connectivity index (χ3n) is 5.11. The van der Waals surface area contributed by atoms with E-state index < -0.39 is 0 Å². The van der Waals surface area contributed by atoms with Crippen molar-refractivity contribution >= 4 is 23.1 Å². The molecule has 0 unspecified atom stereocenters. The van der Waals surface area contributed by atoms with E-state index in [0.29, 0.717) is 5.92 Å². The maximum Gasteiger partial charge on any atom is 0.219 e. The van der Waals surface area contributed by atoms with Gasteiger partial charge in [0.25, 0.3) is 0 Å². The van der Waals surface area contributed by atoms with Crippen molar-refractivity contribution in [2.45, 2.75) is 32.1 Å². The van der Waals surface area contributed by atoms with Gasteiger partial charge < -0.3 is 14.5 Å². The van der Waals surface area contributed by atoms with Gasteiger partial charge in [-0.25, -0.2) is 0 Å². The van der Waals surface area contributed by atoms with Crippen LogP contribution in [0.5, 0.6) is 0 Å². The summed E-state index contributed by atoms with van der Waals surface area (Å²) in [6, 6.07) is 8.90. The molecule has 0 aliphatic carbocycles. The molecule has 0 saturated carbocycles. The average Bonchev–Trinajstić information content (AvgIpc) is 2.63. The summed E-state index contributed by atoms with van der Waals surface area (Å²) in [6.07, 6.45) is 2.95. The average molecular weight is 346 g/mol. The van der Waals surface area contributed by atoms with E-state index in [4.69, 9.17) is 17.0 Å². The van der Waals surface area contributed by atoms with E-state index in [1.54, 1.807) is 6.92 Å². The van der Waals surface area contributed by atoms with Gasteiger partial charge in [0.15, 0.2) is 0 Å². The Labute approximate surface area is 149 Å². The molecule has 130 valence electrons. The number of amides is 1. The smallest absolute Gasteiger partial charge is 0.219 e. The molecular weight excluding hydrogens is 320 g/mol. The number of likely N-dealkylation sites (tertiary alicyclic amines) is 1. The summed E-state index contributed by atoms with van der Waals surface area (Å²) in [5, 5.41) is 0. The van der Waals surface area contributed by atoms with Crippen molar-refractivity contribution in [2.24, 2.45) is 0 Å². The van der Waals surface area contributed by atoms with Gasteiger partial charge in [0.2, 0.25) is 5.91 Å². The molecule has 2 aliphatic heterocycles. The standard InChI is InChI=1S/C19H26N2O2S/c1-15(22)20-8-6-18(7-9-20)17-4-2-16(3-5-17)14-19(24)21-10-12-23-13-11-21/h2-5,18H,6-14H2,1H3. The molecular formula is C19H26N2O2S. The molecule has 0 N–H and O–H groups in total. The number of ether oxygens (including phenoxy) is 1. The normalized spacial score (nSPS) is 19.4. The highest BCUT2D eigenvalue weighted by molar-refractivity contribution is 7.80. The van der Waals surface area contributed by atoms with Gasteiger partial charge in [0, 0.05) is 39.5 Å². The van der Waals surface area contributed by atoms with Crippen molar-refractivity contribution in [3.63, 3.8) is 0 Å². The minimum Gasteiger partial charge on any atom is -0.378 e. The van der Waals surface area contributed by atoms with E-state index in [-0.39, 0.29) is 5.91 Å². The first-order valence-electron chi connectivity index (χ1n) is 8.83. The fraction of sp³-hybridized carbons (Fsp3) is 0.579. The van der Waals surface area contributed by atoms with Gasteiger partial charge in [0.1, 0.15) is 0 Å². The van der Waals surface area contributed by atoms with Crippen LogP contribution in [0.3, 0.4) is 0 Å². The Morgan fingerprint density at radius 1 is 1.08 bits per heavy atom. The highest BCUT2D eigenvalue weighted by Crippen LogP contribution is 2.28. The number of morpholine rings is 1. The molecule has 4 nitrogen and oxygen atoms in total. The van der Waals surface area contributed by atoms with E-state index in [0.717, 1.165) is 63.6 Å². The van der Waals surface area contributed by atoms with Gasteiger partial charge in [0.05, 0.1) is 18.2 Å². The number of nitrogens with zero attached hydrogens (tertiary/aromatic N) is 2. The lowest BCUT2D eigenvalue weighted by molar-refractivity contribution is -0.129. The van der Waals surface area contributed by atoms with Crippen molar-refractivity contribution in [1.29, 1.82) is 0 Å². The fourth-order valence-corrected chi connectivity index (χ4v) is 3.88. The Balaban J connectivity index is 1.54. The first-order chi connectivity index (χ1) is 11.6. The van der Waals surface area contributed by atoms with Gasteiger partial charge in [-0.3, -0.25) is 4.79 Å². The van der Waals surface area contributed by atoms with Crippen LogP contribution in [0.25, 0.3) is 0 Å². The minimum atomic E-state index is 0.195. The van der Waals surface area contributed by atoms with Gasteiger partial charge in [-0.2, -0.15) is 0 Å². The van der Waals surface area contributed by atoms with Crippen molar-refractivity contribution in [2.75, 3.05) is 39.4 Å². The number of hydrogen-bond donors (Lipinski definition) is 0. The quantitative estimate of drug-likeness (QED) is 0.788. The summed E-state index contributed by atoms with van der Waals surface area (Å²) in [4.78, 5) is 16.6. The van der Waals surface area contributed by atoms with Crippen molar-refractivity contribution < 1.29 is 9.53 Å². The van der Waals surface area contributed by atoms with Crippen LogP contribution >= 0.6 is 12.2 Å². The van der Waals surface area contributed by atoms with Gasteiger partial charge in [-0.05, 0) is 29.9 Å². The molecule has 0 aromatic heterocycles. The van der Waals surface area contributed by atoms with Crippen molar-refractivity contribution in [3.8, 4) is 0 Å². The van der Waals surface area contributed by atoms with Crippen molar-refractivity contribution in [3.05, 3.63) is 35.4 Å². The third kappa shape index (κ3) is 4.33. The zero-order valence-electron chi connectivity index (χ0n) is 14.4. The highest BCUT2D eigenvalue weighted by Gasteiger charge is 2.22. The lowest BCUT2D eigenvalue weighted by Gasteiger charge is -2.31. The highest BCUT2D eigenvalue weighted by atomic mass is 32.1. The predicted octanol–water partition coefficient (Wildman–Crippen LogP) is 2.61. The number of carbonyl (C=O) groups excluding carboxylic acids is 1. The van der Waals surface area contributed by atoms with E-state index in [9.17, 15) is 4.79 Å². The number of rotatable bonds is 3. The summed E-state index contributed by atoms with van der Waals surface area (Å²) in [6.45, 7) is 6.78. The molecule has 1 aromatic carbocycles. The lowest BCUT2D eigenvalue weighted by atomic mass is 9.89. The molecule has 2 saturated heterocycles. The minimum absolute atomic E-state index is 0.195. The van der Waals surface area contributed by atoms with Crippen LogP contribution in [0.1, 0.15) is 36.8 Å². The maximum atomic E-state index is 11.4. The predicted molar refractivity (Wildman–Crippen MR) is 99.4 cm³/mol. The number of hydrogen-bond acceptors (Lipinski definition) is 3. The molecule has 2 aliphatic rings. The Kier molecular flexibility index (Phi) is 5.85. The molecule has 2 fully saturated rings. The number of piperidine rings is 1. The molecule has 24 heavy (non-hydrogen) atoms. The number of benzene rings is 1. The van der Waals surface area contributed by atoms with Gasteiger partial charge in [-0.15, -0.1) is 0 Å². The summed E-state index contributed by atoms with van der Waals surface area (Å²) >= 11 is 5.58. The van der Waals surface area contributed by atoms with Crippen LogP contribution in [0.4, 0.5) is 0 Å². The van der Waals surface area contributed by atoms with E-state index >= 15 is 0 Å². The summed E-state index contributed by atoms with van der Waals surface area (Å²) in [5.74, 6) is 0.765. The first kappa shape index (κ1) is 17.4.